The summed E-state index contributed by atoms with van der Waals surface area (Å²) in [4.78, 5) is 14.0. The Morgan fingerprint density at radius 3 is 2.58 bits per heavy atom. The summed E-state index contributed by atoms with van der Waals surface area (Å²) in [5.74, 6) is 0. The van der Waals surface area contributed by atoms with Gasteiger partial charge in [0.05, 0.1) is 18.4 Å². The summed E-state index contributed by atoms with van der Waals surface area (Å²) < 4.78 is 2.66. The fraction of sp³-hybridized carbons (Fsp3) is 0.286. The monoisotopic (exact) mass is 369 g/mol. The molecule has 5 heteroatoms. The number of anilines is 1. The van der Waals surface area contributed by atoms with Gasteiger partial charge in [-0.15, -0.1) is 0 Å². The standard InChI is InChI=1S/C14H16IN3O/c1-3-17(2)13-8-14(19)18(16-9-13)10-11-4-6-12(15)7-5-11/h4-9H,3,10H2,1-2H3. The van der Waals surface area contributed by atoms with E-state index in [0.717, 1.165) is 17.8 Å². The first-order valence-electron chi connectivity index (χ1n) is 6.13. The van der Waals surface area contributed by atoms with Crippen molar-refractivity contribution >= 4 is 28.3 Å². The van der Waals surface area contributed by atoms with Gasteiger partial charge >= 0.3 is 0 Å². The molecule has 0 aliphatic heterocycles. The summed E-state index contributed by atoms with van der Waals surface area (Å²) in [5.41, 5.74) is 1.86. The minimum Gasteiger partial charge on any atom is -0.373 e. The van der Waals surface area contributed by atoms with Crippen molar-refractivity contribution in [3.63, 3.8) is 0 Å². The Morgan fingerprint density at radius 2 is 2.00 bits per heavy atom. The average molecular weight is 369 g/mol. The Kier molecular flexibility index (Phi) is 4.57. The normalized spacial score (nSPS) is 10.5. The molecule has 0 saturated heterocycles. The predicted molar refractivity (Wildman–Crippen MR) is 85.7 cm³/mol. The van der Waals surface area contributed by atoms with Crippen LogP contribution in [-0.4, -0.2) is 23.4 Å². The number of hydrogen-bond donors (Lipinski definition) is 0. The number of benzene rings is 1. The molecule has 0 atom stereocenters. The van der Waals surface area contributed by atoms with Gasteiger partial charge in [-0.3, -0.25) is 4.79 Å². The second-order valence-electron chi connectivity index (χ2n) is 4.35. The predicted octanol–water partition coefficient (Wildman–Crippen LogP) is 2.35. The van der Waals surface area contributed by atoms with Crippen molar-refractivity contribution in [2.45, 2.75) is 13.5 Å². The molecule has 0 fully saturated rings. The van der Waals surface area contributed by atoms with E-state index in [4.69, 9.17) is 0 Å². The third-order valence-corrected chi connectivity index (χ3v) is 3.74. The van der Waals surface area contributed by atoms with Crippen LogP contribution in [0.1, 0.15) is 12.5 Å². The van der Waals surface area contributed by atoms with Crippen LogP contribution in [0.2, 0.25) is 0 Å². The molecule has 1 heterocycles. The quantitative estimate of drug-likeness (QED) is 0.777. The minimum atomic E-state index is -0.0728. The van der Waals surface area contributed by atoms with Crippen molar-refractivity contribution in [3.05, 3.63) is 56.0 Å². The summed E-state index contributed by atoms with van der Waals surface area (Å²) in [5, 5.41) is 4.23. The van der Waals surface area contributed by atoms with Gasteiger partial charge < -0.3 is 4.90 Å². The zero-order valence-corrected chi connectivity index (χ0v) is 13.2. The van der Waals surface area contributed by atoms with Gasteiger partial charge in [0.25, 0.3) is 5.56 Å². The maximum Gasteiger partial charge on any atom is 0.269 e. The van der Waals surface area contributed by atoms with E-state index in [1.165, 1.54) is 8.25 Å². The largest absolute Gasteiger partial charge is 0.373 e. The molecule has 0 aliphatic rings. The van der Waals surface area contributed by atoms with Gasteiger partial charge in [-0.2, -0.15) is 5.10 Å². The van der Waals surface area contributed by atoms with Crippen molar-refractivity contribution in [2.75, 3.05) is 18.5 Å². The molecule has 2 rings (SSSR count). The molecule has 0 saturated carbocycles. The van der Waals surface area contributed by atoms with Crippen molar-refractivity contribution < 1.29 is 0 Å². The van der Waals surface area contributed by atoms with E-state index in [2.05, 4.69) is 27.7 Å². The topological polar surface area (TPSA) is 38.1 Å². The number of rotatable bonds is 4. The molecule has 0 spiro atoms. The highest BCUT2D eigenvalue weighted by molar-refractivity contribution is 14.1. The fourth-order valence-electron chi connectivity index (χ4n) is 1.70. The lowest BCUT2D eigenvalue weighted by molar-refractivity contribution is 0.637. The smallest absolute Gasteiger partial charge is 0.269 e. The first-order valence-corrected chi connectivity index (χ1v) is 7.20. The van der Waals surface area contributed by atoms with Gasteiger partial charge in [0.1, 0.15) is 0 Å². The van der Waals surface area contributed by atoms with Crippen LogP contribution in [0.4, 0.5) is 5.69 Å². The second-order valence-corrected chi connectivity index (χ2v) is 5.60. The summed E-state index contributed by atoms with van der Waals surface area (Å²) >= 11 is 2.26. The maximum atomic E-state index is 12.0. The summed E-state index contributed by atoms with van der Waals surface area (Å²) in [6.45, 7) is 3.39. The highest BCUT2D eigenvalue weighted by atomic mass is 127. The number of aromatic nitrogens is 2. The number of nitrogens with zero attached hydrogens (tertiary/aromatic N) is 3. The number of hydrogen-bond acceptors (Lipinski definition) is 3. The molecule has 0 N–H and O–H groups in total. The highest BCUT2D eigenvalue weighted by Crippen LogP contribution is 2.09. The zero-order valence-electron chi connectivity index (χ0n) is 11.0. The van der Waals surface area contributed by atoms with Crippen LogP contribution in [0.5, 0.6) is 0 Å². The van der Waals surface area contributed by atoms with E-state index in [1.54, 1.807) is 12.3 Å². The minimum absolute atomic E-state index is 0.0728. The Morgan fingerprint density at radius 1 is 1.32 bits per heavy atom. The third kappa shape index (κ3) is 3.56. The van der Waals surface area contributed by atoms with Gasteiger partial charge in [-0.05, 0) is 47.2 Å². The van der Waals surface area contributed by atoms with Gasteiger partial charge in [-0.1, -0.05) is 12.1 Å². The molecular weight excluding hydrogens is 353 g/mol. The van der Waals surface area contributed by atoms with Gasteiger partial charge in [0.2, 0.25) is 0 Å². The Balaban J connectivity index is 2.22. The van der Waals surface area contributed by atoms with Crippen molar-refractivity contribution in [1.82, 2.24) is 9.78 Å². The van der Waals surface area contributed by atoms with Crippen LogP contribution in [0.25, 0.3) is 0 Å². The molecule has 4 nitrogen and oxygen atoms in total. The van der Waals surface area contributed by atoms with Crippen LogP contribution >= 0.6 is 22.6 Å². The molecule has 2 aromatic rings. The van der Waals surface area contributed by atoms with E-state index in [1.807, 2.05) is 43.1 Å². The summed E-state index contributed by atoms with van der Waals surface area (Å²) in [6.07, 6.45) is 1.73. The summed E-state index contributed by atoms with van der Waals surface area (Å²) in [7, 11) is 1.94. The molecule has 0 aliphatic carbocycles. The van der Waals surface area contributed by atoms with Gasteiger partial charge in [0, 0.05) is 23.2 Å². The maximum absolute atomic E-state index is 12.0. The fourth-order valence-corrected chi connectivity index (χ4v) is 2.06. The summed E-state index contributed by atoms with van der Waals surface area (Å²) in [6, 6.07) is 9.72. The van der Waals surface area contributed by atoms with Gasteiger partial charge in [-0.25, -0.2) is 4.68 Å². The van der Waals surface area contributed by atoms with E-state index in [-0.39, 0.29) is 5.56 Å². The molecule has 0 radical (unpaired) electrons. The lowest BCUT2D eigenvalue weighted by Gasteiger charge is -2.16. The van der Waals surface area contributed by atoms with Crippen LogP contribution in [0, 0.1) is 3.57 Å². The average Bonchev–Trinajstić information content (AvgIpc) is 2.42. The van der Waals surface area contributed by atoms with Crippen molar-refractivity contribution in [2.24, 2.45) is 0 Å². The van der Waals surface area contributed by atoms with Crippen LogP contribution in [0.15, 0.2) is 41.3 Å². The van der Waals surface area contributed by atoms with E-state index >= 15 is 0 Å². The zero-order chi connectivity index (χ0) is 13.8. The molecular formula is C14H16IN3O. The van der Waals surface area contributed by atoms with E-state index in [0.29, 0.717) is 6.54 Å². The Bertz CT molecular complexity index is 607. The SMILES string of the molecule is CCN(C)c1cnn(Cc2ccc(I)cc2)c(=O)c1. The van der Waals surface area contributed by atoms with Crippen LogP contribution in [0.3, 0.4) is 0 Å². The van der Waals surface area contributed by atoms with E-state index in [9.17, 15) is 4.79 Å². The first-order chi connectivity index (χ1) is 9.10. The van der Waals surface area contributed by atoms with Gasteiger partial charge in [0.15, 0.2) is 0 Å². The molecule has 0 unspecified atom stereocenters. The first kappa shape index (κ1) is 14.0. The van der Waals surface area contributed by atoms with Crippen LogP contribution < -0.4 is 10.5 Å². The van der Waals surface area contributed by atoms with Crippen LogP contribution in [-0.2, 0) is 6.54 Å². The van der Waals surface area contributed by atoms with Crippen molar-refractivity contribution in [1.29, 1.82) is 0 Å². The molecule has 1 aromatic carbocycles. The van der Waals surface area contributed by atoms with E-state index < -0.39 is 0 Å². The number of halogens is 1. The lowest BCUT2D eigenvalue weighted by Crippen LogP contribution is -2.25. The molecule has 0 bridgehead atoms. The Hall–Kier alpha value is -1.37. The molecule has 100 valence electrons. The Labute approximate surface area is 126 Å². The van der Waals surface area contributed by atoms with Crippen molar-refractivity contribution in [3.8, 4) is 0 Å². The lowest BCUT2D eigenvalue weighted by atomic mass is 10.2. The second kappa shape index (κ2) is 6.18. The molecule has 19 heavy (non-hydrogen) atoms. The molecule has 0 amide bonds. The highest BCUT2D eigenvalue weighted by Gasteiger charge is 2.04. The molecule has 1 aromatic heterocycles. The third-order valence-electron chi connectivity index (χ3n) is 3.02.